The molecule has 5 nitrogen and oxygen atoms in total. The van der Waals surface area contributed by atoms with E-state index in [0.29, 0.717) is 19.6 Å². The number of aromatic nitrogens is 1. The van der Waals surface area contributed by atoms with E-state index < -0.39 is 11.5 Å². The zero-order valence-electron chi connectivity index (χ0n) is 14.5. The highest BCUT2D eigenvalue weighted by Crippen LogP contribution is 2.25. The van der Waals surface area contributed by atoms with Gasteiger partial charge in [-0.1, -0.05) is 46.3 Å². The Morgan fingerprint density at radius 3 is 2.59 bits per heavy atom. The van der Waals surface area contributed by atoms with Crippen LogP contribution >= 0.6 is 15.9 Å². The maximum Gasteiger partial charge on any atom is 0.341 e. The number of halogens is 1. The smallest absolute Gasteiger partial charge is 0.341 e. The van der Waals surface area contributed by atoms with Crippen molar-refractivity contribution in [1.29, 1.82) is 0 Å². The van der Waals surface area contributed by atoms with Crippen molar-refractivity contribution in [3.05, 3.63) is 98.4 Å². The van der Waals surface area contributed by atoms with Crippen LogP contribution in [-0.2, 0) is 19.6 Å². The van der Waals surface area contributed by atoms with Crippen LogP contribution < -0.4 is 10.3 Å². The van der Waals surface area contributed by atoms with Crippen LogP contribution in [0.2, 0.25) is 0 Å². The topological polar surface area (TPSA) is 68.5 Å². The van der Waals surface area contributed by atoms with E-state index in [1.807, 2.05) is 48.5 Å². The number of nitrogens with zero attached hydrogens (tertiary/aromatic N) is 1. The number of hydrogen-bond donors (Lipinski definition) is 1. The molecule has 0 radical (unpaired) electrons. The lowest BCUT2D eigenvalue weighted by Crippen LogP contribution is -2.26. The lowest BCUT2D eigenvalue weighted by atomic mass is 10.1. The Labute approximate surface area is 165 Å². The van der Waals surface area contributed by atoms with Gasteiger partial charge in [-0.25, -0.2) is 4.79 Å². The van der Waals surface area contributed by atoms with Gasteiger partial charge in [-0.05, 0) is 47.9 Å². The van der Waals surface area contributed by atoms with Gasteiger partial charge in [0, 0.05) is 17.2 Å². The molecule has 0 unspecified atom stereocenters. The number of ether oxygens (including phenoxy) is 1. The summed E-state index contributed by atoms with van der Waals surface area (Å²) in [6.07, 6.45) is 2.13. The molecule has 0 spiro atoms. The Hall–Kier alpha value is -2.86. The highest BCUT2D eigenvalue weighted by Gasteiger charge is 2.11. The molecule has 138 valence electrons. The van der Waals surface area contributed by atoms with E-state index in [1.54, 1.807) is 12.3 Å². The summed E-state index contributed by atoms with van der Waals surface area (Å²) in [5.74, 6) is -0.479. The summed E-state index contributed by atoms with van der Waals surface area (Å²) in [5, 5.41) is 9.09. The molecule has 0 amide bonds. The molecule has 2 aromatic carbocycles. The summed E-state index contributed by atoms with van der Waals surface area (Å²) in [6, 6.07) is 18.5. The molecule has 0 atom stereocenters. The largest absolute Gasteiger partial charge is 0.489 e. The van der Waals surface area contributed by atoms with Crippen molar-refractivity contribution in [2.75, 3.05) is 0 Å². The van der Waals surface area contributed by atoms with Crippen LogP contribution in [0.1, 0.15) is 21.5 Å². The van der Waals surface area contributed by atoms with Crippen molar-refractivity contribution in [2.45, 2.75) is 19.6 Å². The summed E-state index contributed by atoms with van der Waals surface area (Å²) in [5.41, 5.74) is 1.27. The van der Waals surface area contributed by atoms with E-state index in [2.05, 4.69) is 15.9 Å². The number of aromatic carboxylic acids is 1. The van der Waals surface area contributed by atoms with Gasteiger partial charge >= 0.3 is 5.97 Å². The number of carboxylic acid groups (broad SMARTS) is 1. The predicted octanol–water partition coefficient (Wildman–Crippen LogP) is 4.13. The van der Waals surface area contributed by atoms with Crippen LogP contribution in [0.3, 0.4) is 0 Å². The highest BCUT2D eigenvalue weighted by molar-refractivity contribution is 9.10. The standard InChI is InChI=1S/C21H18BrNO4/c22-17-8-9-19(27-14-15-5-2-1-3-6-15)16(13-17)10-12-23-11-4-7-18(20(23)24)21(25)26/h1-9,11,13H,10,12,14H2,(H,25,26). The molecule has 1 heterocycles. The van der Waals surface area contributed by atoms with Gasteiger partial charge in [0.25, 0.3) is 5.56 Å². The molecule has 0 aliphatic heterocycles. The summed E-state index contributed by atoms with van der Waals surface area (Å²) in [4.78, 5) is 23.4. The number of benzene rings is 2. The minimum Gasteiger partial charge on any atom is -0.489 e. The first-order valence-corrected chi connectivity index (χ1v) is 9.22. The number of rotatable bonds is 7. The van der Waals surface area contributed by atoms with Gasteiger partial charge in [0.05, 0.1) is 0 Å². The maximum atomic E-state index is 12.2. The molecule has 0 aliphatic rings. The maximum absolute atomic E-state index is 12.2. The van der Waals surface area contributed by atoms with E-state index >= 15 is 0 Å². The molecule has 3 aromatic rings. The molecule has 1 N–H and O–H groups in total. The third kappa shape index (κ3) is 4.86. The average molecular weight is 428 g/mol. The first-order chi connectivity index (χ1) is 13.0. The monoisotopic (exact) mass is 427 g/mol. The van der Waals surface area contributed by atoms with Gasteiger partial charge in [-0.15, -0.1) is 0 Å². The Morgan fingerprint density at radius 2 is 1.85 bits per heavy atom. The first kappa shape index (κ1) is 18.9. The second-order valence-electron chi connectivity index (χ2n) is 6.00. The zero-order valence-corrected chi connectivity index (χ0v) is 16.1. The van der Waals surface area contributed by atoms with Crippen molar-refractivity contribution in [3.63, 3.8) is 0 Å². The van der Waals surface area contributed by atoms with Crippen LogP contribution in [0.25, 0.3) is 0 Å². The number of aryl methyl sites for hydroxylation is 2. The summed E-state index contributed by atoms with van der Waals surface area (Å²) < 4.78 is 8.28. The Kier molecular flexibility index (Phi) is 6.08. The van der Waals surface area contributed by atoms with Crippen LogP contribution in [0, 0.1) is 0 Å². The Bertz CT molecular complexity index is 999. The van der Waals surface area contributed by atoms with Crippen molar-refractivity contribution >= 4 is 21.9 Å². The van der Waals surface area contributed by atoms with Gasteiger partial charge in [0.2, 0.25) is 0 Å². The fraction of sp³-hybridized carbons (Fsp3) is 0.143. The normalized spacial score (nSPS) is 10.6. The summed E-state index contributed by atoms with van der Waals surface area (Å²) in [6.45, 7) is 0.808. The molecular weight excluding hydrogens is 410 g/mol. The SMILES string of the molecule is O=C(O)c1cccn(CCc2cc(Br)ccc2OCc2ccccc2)c1=O. The molecule has 3 rings (SSSR count). The van der Waals surface area contributed by atoms with Gasteiger partial charge in [-0.2, -0.15) is 0 Å². The fourth-order valence-corrected chi connectivity index (χ4v) is 3.14. The van der Waals surface area contributed by atoms with Crippen molar-refractivity contribution in [3.8, 4) is 5.75 Å². The van der Waals surface area contributed by atoms with Gasteiger partial charge in [0.1, 0.15) is 17.9 Å². The van der Waals surface area contributed by atoms with E-state index in [-0.39, 0.29) is 5.56 Å². The third-order valence-corrected chi connectivity index (χ3v) is 4.63. The molecule has 1 aromatic heterocycles. The molecule has 6 heteroatoms. The average Bonchev–Trinajstić information content (AvgIpc) is 2.67. The van der Waals surface area contributed by atoms with E-state index in [9.17, 15) is 9.59 Å². The molecule has 27 heavy (non-hydrogen) atoms. The third-order valence-electron chi connectivity index (χ3n) is 4.13. The van der Waals surface area contributed by atoms with E-state index in [0.717, 1.165) is 21.3 Å². The molecule has 0 saturated heterocycles. The number of carbonyl (C=O) groups is 1. The molecule has 0 fully saturated rings. The van der Waals surface area contributed by atoms with Crippen molar-refractivity contribution < 1.29 is 14.6 Å². The zero-order chi connectivity index (χ0) is 19.2. The number of carboxylic acids is 1. The molecule has 0 saturated carbocycles. The Morgan fingerprint density at radius 1 is 1.07 bits per heavy atom. The van der Waals surface area contributed by atoms with Crippen molar-refractivity contribution in [2.24, 2.45) is 0 Å². The van der Waals surface area contributed by atoms with E-state index in [4.69, 9.17) is 9.84 Å². The molecule has 0 aliphatic carbocycles. The van der Waals surface area contributed by atoms with Gasteiger partial charge in [-0.3, -0.25) is 4.79 Å². The highest BCUT2D eigenvalue weighted by atomic mass is 79.9. The second kappa shape index (κ2) is 8.68. The minimum atomic E-state index is -1.22. The fourth-order valence-electron chi connectivity index (χ4n) is 2.74. The Balaban J connectivity index is 1.77. The van der Waals surface area contributed by atoms with Crippen LogP contribution in [-0.4, -0.2) is 15.6 Å². The number of hydrogen-bond acceptors (Lipinski definition) is 3. The minimum absolute atomic E-state index is 0.229. The van der Waals surface area contributed by atoms with Gasteiger partial charge < -0.3 is 14.4 Å². The predicted molar refractivity (Wildman–Crippen MR) is 106 cm³/mol. The lowest BCUT2D eigenvalue weighted by Gasteiger charge is -2.13. The van der Waals surface area contributed by atoms with Crippen LogP contribution in [0.5, 0.6) is 5.75 Å². The summed E-state index contributed by atoms with van der Waals surface area (Å²) >= 11 is 3.46. The van der Waals surface area contributed by atoms with Gasteiger partial charge in [0.15, 0.2) is 0 Å². The first-order valence-electron chi connectivity index (χ1n) is 8.42. The molecule has 0 bridgehead atoms. The van der Waals surface area contributed by atoms with Crippen molar-refractivity contribution in [1.82, 2.24) is 4.57 Å². The molecular formula is C21H18BrNO4. The van der Waals surface area contributed by atoms with Crippen LogP contribution in [0.4, 0.5) is 0 Å². The van der Waals surface area contributed by atoms with Crippen LogP contribution in [0.15, 0.2) is 76.1 Å². The van der Waals surface area contributed by atoms with E-state index in [1.165, 1.54) is 10.6 Å². The number of pyridine rings is 1. The summed E-state index contributed by atoms with van der Waals surface area (Å²) in [7, 11) is 0. The lowest BCUT2D eigenvalue weighted by molar-refractivity contribution is 0.0694. The second-order valence-corrected chi connectivity index (χ2v) is 6.92. The quantitative estimate of drug-likeness (QED) is 0.615.